The van der Waals surface area contributed by atoms with Gasteiger partial charge in [-0.3, -0.25) is 4.79 Å². The summed E-state index contributed by atoms with van der Waals surface area (Å²) in [5, 5.41) is 3.70. The van der Waals surface area contributed by atoms with Gasteiger partial charge in [-0.05, 0) is 68.7 Å². The molecule has 0 bridgehead atoms. The second kappa shape index (κ2) is 8.45. The van der Waals surface area contributed by atoms with Crippen LogP contribution < -0.4 is 15.0 Å². The first kappa shape index (κ1) is 21.0. The fraction of sp³-hybridized carbons (Fsp3) is 0.304. The number of nitrogens with one attached hydrogen (secondary N) is 1. The molecule has 2 aromatic carbocycles. The molecule has 8 heteroatoms. The molecular formula is C23H22F3N3O2. The number of nitrogens with zero attached hydrogens (tertiary/aromatic N) is 2. The Bertz CT molecular complexity index is 1090. The molecule has 3 aromatic rings. The number of aromatic nitrogens is 1. The summed E-state index contributed by atoms with van der Waals surface area (Å²) < 4.78 is 40.8. The number of fused-ring (bicyclic) bond motifs is 1. The molecule has 1 N–H and O–H groups in total. The monoisotopic (exact) mass is 429 g/mol. The molecule has 0 atom stereocenters. The lowest BCUT2D eigenvalue weighted by Crippen LogP contribution is -2.30. The average Bonchev–Trinajstić information content (AvgIpc) is 2.74. The summed E-state index contributed by atoms with van der Waals surface area (Å²) in [7, 11) is 0. The average molecular weight is 429 g/mol. The maximum Gasteiger partial charge on any atom is 0.573 e. The number of anilines is 2. The summed E-state index contributed by atoms with van der Waals surface area (Å²) in [4.78, 5) is 19.7. The van der Waals surface area contributed by atoms with Crippen LogP contribution in [-0.4, -0.2) is 30.3 Å². The molecule has 1 aliphatic heterocycles. The van der Waals surface area contributed by atoms with Gasteiger partial charge in [0.05, 0.1) is 5.52 Å². The Morgan fingerprint density at radius 2 is 1.74 bits per heavy atom. The lowest BCUT2D eigenvalue weighted by atomic mass is 10.1. The molecule has 1 aromatic heterocycles. The molecule has 0 saturated carbocycles. The van der Waals surface area contributed by atoms with E-state index in [1.807, 2.05) is 19.1 Å². The van der Waals surface area contributed by atoms with Crippen molar-refractivity contribution < 1.29 is 22.7 Å². The first-order chi connectivity index (χ1) is 14.8. The summed E-state index contributed by atoms with van der Waals surface area (Å²) >= 11 is 0. The van der Waals surface area contributed by atoms with Crippen LogP contribution in [0.5, 0.6) is 5.75 Å². The molecule has 2 heterocycles. The molecule has 1 fully saturated rings. The van der Waals surface area contributed by atoms with Crippen molar-refractivity contribution in [1.82, 2.24) is 4.98 Å². The third kappa shape index (κ3) is 5.07. The topological polar surface area (TPSA) is 54.5 Å². The second-order valence-corrected chi connectivity index (χ2v) is 7.62. The Morgan fingerprint density at radius 1 is 1.03 bits per heavy atom. The van der Waals surface area contributed by atoms with Crippen LogP contribution in [0.3, 0.4) is 0 Å². The number of aryl methyl sites for hydroxylation is 1. The highest BCUT2D eigenvalue weighted by Gasteiger charge is 2.31. The molecular weight excluding hydrogens is 407 g/mol. The van der Waals surface area contributed by atoms with Crippen molar-refractivity contribution in [3.05, 3.63) is 59.8 Å². The lowest BCUT2D eigenvalue weighted by Gasteiger charge is -2.30. The molecule has 0 aliphatic carbocycles. The van der Waals surface area contributed by atoms with Crippen LogP contribution in [0.25, 0.3) is 10.9 Å². The largest absolute Gasteiger partial charge is 0.573 e. The first-order valence-electron chi connectivity index (χ1n) is 10.1. The van der Waals surface area contributed by atoms with Crippen LogP contribution in [0, 0.1) is 6.92 Å². The number of piperidine rings is 1. The van der Waals surface area contributed by atoms with E-state index < -0.39 is 12.3 Å². The van der Waals surface area contributed by atoms with Crippen LogP contribution in [0.4, 0.5) is 24.5 Å². The number of carbonyl (C=O) groups is 1. The SMILES string of the molecule is Cc1ccc2nc(C(=O)Nc3ccc(OC(F)(F)F)cc3)cc(N3CCCCC3)c2c1. The maximum atomic E-state index is 12.9. The van der Waals surface area contributed by atoms with E-state index in [4.69, 9.17) is 0 Å². The molecule has 162 valence electrons. The third-order valence-corrected chi connectivity index (χ3v) is 5.22. The van der Waals surface area contributed by atoms with Gasteiger partial charge in [0.15, 0.2) is 0 Å². The number of rotatable bonds is 4. The van der Waals surface area contributed by atoms with Gasteiger partial charge in [0.25, 0.3) is 5.91 Å². The number of ether oxygens (including phenoxy) is 1. The van der Waals surface area contributed by atoms with Gasteiger partial charge in [-0.1, -0.05) is 11.6 Å². The summed E-state index contributed by atoms with van der Waals surface area (Å²) in [6, 6.07) is 12.7. The van der Waals surface area contributed by atoms with Gasteiger partial charge in [-0.25, -0.2) is 4.98 Å². The molecule has 0 radical (unpaired) electrons. The summed E-state index contributed by atoms with van der Waals surface area (Å²) in [6.45, 7) is 3.87. The van der Waals surface area contributed by atoms with E-state index in [1.54, 1.807) is 6.07 Å². The minimum Gasteiger partial charge on any atom is -0.406 e. The van der Waals surface area contributed by atoms with E-state index in [9.17, 15) is 18.0 Å². The fourth-order valence-electron chi connectivity index (χ4n) is 3.77. The number of benzene rings is 2. The molecule has 1 amide bonds. The molecule has 1 aliphatic rings. The third-order valence-electron chi connectivity index (χ3n) is 5.22. The Morgan fingerprint density at radius 3 is 2.42 bits per heavy atom. The van der Waals surface area contributed by atoms with Crippen molar-refractivity contribution in [2.45, 2.75) is 32.5 Å². The summed E-state index contributed by atoms with van der Waals surface area (Å²) in [6.07, 6.45) is -1.37. The van der Waals surface area contributed by atoms with E-state index in [0.717, 1.165) is 60.2 Å². The summed E-state index contributed by atoms with van der Waals surface area (Å²) in [5.41, 5.74) is 3.43. The van der Waals surface area contributed by atoms with Crippen LogP contribution in [0.15, 0.2) is 48.5 Å². The second-order valence-electron chi connectivity index (χ2n) is 7.62. The van der Waals surface area contributed by atoms with Gasteiger partial charge < -0.3 is 15.0 Å². The Kier molecular flexibility index (Phi) is 5.71. The van der Waals surface area contributed by atoms with Crippen molar-refractivity contribution in [2.24, 2.45) is 0 Å². The zero-order valence-corrected chi connectivity index (χ0v) is 17.0. The Hall–Kier alpha value is -3.29. The number of amides is 1. The number of alkyl halides is 3. The number of carbonyl (C=O) groups excluding carboxylic acids is 1. The van der Waals surface area contributed by atoms with Gasteiger partial charge in [-0.15, -0.1) is 13.2 Å². The quantitative estimate of drug-likeness (QED) is 0.579. The molecule has 0 unspecified atom stereocenters. The van der Waals surface area contributed by atoms with Crippen molar-refractivity contribution in [3.63, 3.8) is 0 Å². The molecule has 31 heavy (non-hydrogen) atoms. The van der Waals surface area contributed by atoms with Gasteiger partial charge in [0.2, 0.25) is 0 Å². The number of hydrogen-bond donors (Lipinski definition) is 1. The Labute approximate surface area is 177 Å². The van der Waals surface area contributed by atoms with Gasteiger partial charge in [0, 0.05) is 29.9 Å². The fourth-order valence-corrected chi connectivity index (χ4v) is 3.77. The highest BCUT2D eigenvalue weighted by Crippen LogP contribution is 2.30. The zero-order valence-electron chi connectivity index (χ0n) is 17.0. The Balaban J connectivity index is 1.61. The molecule has 1 saturated heterocycles. The van der Waals surface area contributed by atoms with E-state index >= 15 is 0 Å². The zero-order chi connectivity index (χ0) is 22.0. The standard InChI is InChI=1S/C23H22F3N3O2/c1-15-5-10-19-18(13-15)21(29-11-3-2-4-12-29)14-20(28-19)22(30)27-16-6-8-17(9-7-16)31-23(24,25)26/h5-10,13-14H,2-4,11-12H2,1H3,(H,27,30). The minimum absolute atomic E-state index is 0.257. The normalized spacial score (nSPS) is 14.5. The van der Waals surface area contributed by atoms with Gasteiger partial charge in [0.1, 0.15) is 11.4 Å². The van der Waals surface area contributed by atoms with E-state index in [-0.39, 0.29) is 11.4 Å². The van der Waals surface area contributed by atoms with Crippen LogP contribution in [0.1, 0.15) is 35.3 Å². The van der Waals surface area contributed by atoms with E-state index in [1.165, 1.54) is 18.6 Å². The molecule has 5 nitrogen and oxygen atoms in total. The maximum absolute atomic E-state index is 12.9. The van der Waals surface area contributed by atoms with Crippen LogP contribution >= 0.6 is 0 Å². The summed E-state index contributed by atoms with van der Waals surface area (Å²) in [5.74, 6) is -0.776. The lowest BCUT2D eigenvalue weighted by molar-refractivity contribution is -0.274. The minimum atomic E-state index is -4.76. The highest BCUT2D eigenvalue weighted by molar-refractivity contribution is 6.06. The van der Waals surface area contributed by atoms with Gasteiger partial charge >= 0.3 is 6.36 Å². The van der Waals surface area contributed by atoms with Crippen molar-refractivity contribution >= 4 is 28.2 Å². The number of halogens is 3. The number of hydrogen-bond acceptors (Lipinski definition) is 4. The number of pyridine rings is 1. The van der Waals surface area contributed by atoms with Crippen molar-refractivity contribution in [3.8, 4) is 5.75 Å². The van der Waals surface area contributed by atoms with Gasteiger partial charge in [-0.2, -0.15) is 0 Å². The highest BCUT2D eigenvalue weighted by atomic mass is 19.4. The smallest absolute Gasteiger partial charge is 0.406 e. The van der Waals surface area contributed by atoms with Crippen LogP contribution in [0.2, 0.25) is 0 Å². The molecule has 0 spiro atoms. The van der Waals surface area contributed by atoms with Crippen molar-refractivity contribution in [1.29, 1.82) is 0 Å². The first-order valence-corrected chi connectivity index (χ1v) is 10.1. The van der Waals surface area contributed by atoms with E-state index in [2.05, 4.69) is 26.0 Å². The van der Waals surface area contributed by atoms with Crippen molar-refractivity contribution in [2.75, 3.05) is 23.3 Å². The van der Waals surface area contributed by atoms with Crippen LogP contribution in [-0.2, 0) is 0 Å². The van der Waals surface area contributed by atoms with E-state index in [0.29, 0.717) is 5.69 Å². The molecule has 4 rings (SSSR count). The predicted molar refractivity (Wildman–Crippen MR) is 114 cm³/mol. The predicted octanol–water partition coefficient (Wildman–Crippen LogP) is 5.68.